The molecule has 0 saturated carbocycles. The number of halogens is 1. The number of rotatable bonds is 7. The molecule has 0 spiro atoms. The van der Waals surface area contributed by atoms with Gasteiger partial charge in [0.15, 0.2) is 5.78 Å². The van der Waals surface area contributed by atoms with Crippen LogP contribution in [-0.2, 0) is 16.0 Å². The van der Waals surface area contributed by atoms with Crippen molar-refractivity contribution in [2.24, 2.45) is 0 Å². The van der Waals surface area contributed by atoms with Crippen LogP contribution in [0.25, 0.3) is 0 Å². The highest BCUT2D eigenvalue weighted by molar-refractivity contribution is 9.10. The second kappa shape index (κ2) is 9.04. The third-order valence-electron chi connectivity index (χ3n) is 3.32. The fraction of sp³-hybridized carbons (Fsp3) is 0.263. The molecule has 0 N–H and O–H groups in total. The predicted molar refractivity (Wildman–Crippen MR) is 100 cm³/mol. The van der Waals surface area contributed by atoms with Crippen molar-refractivity contribution in [1.29, 1.82) is 0 Å². The van der Waals surface area contributed by atoms with Gasteiger partial charge in [-0.05, 0) is 43.7 Å². The van der Waals surface area contributed by atoms with Crippen molar-refractivity contribution in [3.05, 3.63) is 59.7 Å². The monoisotopic (exact) mass is 406 g/mol. The van der Waals surface area contributed by atoms with Gasteiger partial charge in [-0.2, -0.15) is 0 Å². The molecule has 0 radical (unpaired) electrons. The first kappa shape index (κ1) is 18.7. The fourth-order valence-corrected chi connectivity index (χ4v) is 3.39. The zero-order valence-corrected chi connectivity index (χ0v) is 16.0. The second-order valence-corrected chi connectivity index (χ2v) is 7.69. The van der Waals surface area contributed by atoms with Gasteiger partial charge in [-0.3, -0.25) is 9.59 Å². The minimum Gasteiger partial charge on any atom is -0.466 e. The van der Waals surface area contributed by atoms with Crippen LogP contribution in [0.4, 0.5) is 0 Å². The molecule has 2 aromatic carbocycles. The largest absolute Gasteiger partial charge is 0.466 e. The highest BCUT2D eigenvalue weighted by Gasteiger charge is 2.16. The molecule has 0 fully saturated rings. The molecule has 0 aromatic heterocycles. The van der Waals surface area contributed by atoms with Gasteiger partial charge >= 0.3 is 5.97 Å². The Morgan fingerprint density at radius 3 is 2.50 bits per heavy atom. The summed E-state index contributed by atoms with van der Waals surface area (Å²) in [6.45, 7) is 3.92. The molecule has 2 rings (SSSR count). The SMILES string of the molecule is CCOC(=O)Cc1cc(C(=O)[C@H](C)Br)ccc1Sc1ccccc1. The number of alkyl halides is 1. The summed E-state index contributed by atoms with van der Waals surface area (Å²) < 4.78 is 5.06. The van der Waals surface area contributed by atoms with Crippen LogP contribution in [0.15, 0.2) is 58.3 Å². The van der Waals surface area contributed by atoms with E-state index in [4.69, 9.17) is 4.74 Å². The van der Waals surface area contributed by atoms with Gasteiger partial charge in [0.1, 0.15) is 0 Å². The van der Waals surface area contributed by atoms with Crippen molar-refractivity contribution in [1.82, 2.24) is 0 Å². The van der Waals surface area contributed by atoms with Crippen LogP contribution in [0.1, 0.15) is 29.8 Å². The lowest BCUT2D eigenvalue weighted by Gasteiger charge is -2.12. The summed E-state index contributed by atoms with van der Waals surface area (Å²) in [5.41, 5.74) is 1.40. The van der Waals surface area contributed by atoms with E-state index in [1.807, 2.05) is 36.4 Å². The van der Waals surface area contributed by atoms with Gasteiger partial charge in [-0.15, -0.1) is 0 Å². The van der Waals surface area contributed by atoms with E-state index in [1.165, 1.54) is 0 Å². The molecule has 0 unspecified atom stereocenters. The number of ether oxygens (including phenoxy) is 1. The Balaban J connectivity index is 2.33. The maximum atomic E-state index is 12.2. The molecule has 5 heteroatoms. The van der Waals surface area contributed by atoms with E-state index in [0.717, 1.165) is 15.4 Å². The molecule has 24 heavy (non-hydrogen) atoms. The molecule has 3 nitrogen and oxygen atoms in total. The number of esters is 1. The van der Waals surface area contributed by atoms with Crippen LogP contribution in [0.3, 0.4) is 0 Å². The summed E-state index contributed by atoms with van der Waals surface area (Å²) in [7, 11) is 0. The molecular formula is C19H19BrO3S. The summed E-state index contributed by atoms with van der Waals surface area (Å²) in [5, 5.41) is 0. The van der Waals surface area contributed by atoms with E-state index >= 15 is 0 Å². The molecule has 1 atom stereocenters. The number of hydrogen-bond acceptors (Lipinski definition) is 4. The van der Waals surface area contributed by atoms with E-state index < -0.39 is 0 Å². The van der Waals surface area contributed by atoms with Crippen LogP contribution in [0.5, 0.6) is 0 Å². The first-order valence-corrected chi connectivity index (χ1v) is 9.44. The summed E-state index contributed by atoms with van der Waals surface area (Å²) in [5.74, 6) is -0.291. The van der Waals surface area contributed by atoms with Crippen LogP contribution in [0, 0.1) is 0 Å². The lowest BCUT2D eigenvalue weighted by Crippen LogP contribution is -2.12. The maximum absolute atomic E-state index is 12.2. The van der Waals surface area contributed by atoms with Gasteiger partial charge in [-0.25, -0.2) is 0 Å². The molecule has 0 amide bonds. The van der Waals surface area contributed by atoms with Crippen LogP contribution in [0.2, 0.25) is 0 Å². The van der Waals surface area contributed by atoms with Crippen molar-refractivity contribution < 1.29 is 14.3 Å². The van der Waals surface area contributed by atoms with Gasteiger partial charge in [-0.1, -0.05) is 52.0 Å². The third kappa shape index (κ3) is 5.21. The minimum absolute atomic E-state index is 0.00336. The van der Waals surface area contributed by atoms with Gasteiger partial charge in [0.05, 0.1) is 17.9 Å². The summed E-state index contributed by atoms with van der Waals surface area (Å²) in [6, 6.07) is 15.4. The Morgan fingerprint density at radius 1 is 1.17 bits per heavy atom. The second-order valence-electron chi connectivity index (χ2n) is 5.20. The fourth-order valence-electron chi connectivity index (χ4n) is 2.18. The zero-order chi connectivity index (χ0) is 17.5. The molecule has 0 aliphatic heterocycles. The third-order valence-corrected chi connectivity index (χ3v) is 4.86. The quantitative estimate of drug-likeness (QED) is 0.372. The lowest BCUT2D eigenvalue weighted by molar-refractivity contribution is -0.142. The molecule has 126 valence electrons. The van der Waals surface area contributed by atoms with Crippen molar-refractivity contribution in [3.8, 4) is 0 Å². The summed E-state index contributed by atoms with van der Waals surface area (Å²) >= 11 is 4.88. The molecule has 0 bridgehead atoms. The Morgan fingerprint density at radius 2 is 1.88 bits per heavy atom. The number of carbonyl (C=O) groups is 2. The minimum atomic E-state index is -0.288. The highest BCUT2D eigenvalue weighted by Crippen LogP contribution is 2.32. The van der Waals surface area contributed by atoms with Crippen molar-refractivity contribution in [3.63, 3.8) is 0 Å². The lowest BCUT2D eigenvalue weighted by atomic mass is 10.0. The number of ketones is 1. The first-order chi connectivity index (χ1) is 11.5. The highest BCUT2D eigenvalue weighted by atomic mass is 79.9. The number of Topliss-reactive ketones (excluding diaryl/α,β-unsaturated/α-hetero) is 1. The van der Waals surface area contributed by atoms with E-state index in [1.54, 1.807) is 37.7 Å². The normalized spacial score (nSPS) is 11.8. The van der Waals surface area contributed by atoms with E-state index in [2.05, 4.69) is 15.9 Å². The van der Waals surface area contributed by atoms with Crippen molar-refractivity contribution in [2.75, 3.05) is 6.61 Å². The Bertz CT molecular complexity index is 714. The van der Waals surface area contributed by atoms with Crippen LogP contribution < -0.4 is 0 Å². The molecule has 0 aliphatic carbocycles. The molecular weight excluding hydrogens is 388 g/mol. The number of benzene rings is 2. The van der Waals surface area contributed by atoms with Crippen LogP contribution in [-0.4, -0.2) is 23.2 Å². The van der Waals surface area contributed by atoms with Crippen molar-refractivity contribution >= 4 is 39.4 Å². The van der Waals surface area contributed by atoms with Crippen molar-refractivity contribution in [2.45, 2.75) is 34.9 Å². The standard InChI is InChI=1S/C19H19BrO3S/c1-3-23-18(21)12-15-11-14(19(22)13(2)20)9-10-17(15)24-16-7-5-4-6-8-16/h4-11,13H,3,12H2,1-2H3/t13-/m0/s1. The topological polar surface area (TPSA) is 43.4 Å². The molecule has 0 saturated heterocycles. The van der Waals surface area contributed by atoms with Crippen LogP contribution >= 0.6 is 27.7 Å². The van der Waals surface area contributed by atoms with Gasteiger partial charge in [0.25, 0.3) is 0 Å². The smallest absolute Gasteiger partial charge is 0.310 e. The number of carbonyl (C=O) groups excluding carboxylic acids is 2. The maximum Gasteiger partial charge on any atom is 0.310 e. The Kier molecular flexibility index (Phi) is 7.06. The molecule has 0 aliphatic rings. The first-order valence-electron chi connectivity index (χ1n) is 7.71. The van der Waals surface area contributed by atoms with E-state index in [9.17, 15) is 9.59 Å². The molecule has 2 aromatic rings. The summed E-state index contributed by atoms with van der Waals surface area (Å²) in [6.07, 6.45) is 0.154. The average Bonchev–Trinajstić information content (AvgIpc) is 2.57. The van der Waals surface area contributed by atoms with Gasteiger partial charge in [0.2, 0.25) is 0 Å². The zero-order valence-electron chi connectivity index (χ0n) is 13.6. The molecule has 0 heterocycles. The number of hydrogen-bond donors (Lipinski definition) is 0. The average molecular weight is 407 g/mol. The summed E-state index contributed by atoms with van der Waals surface area (Å²) in [4.78, 5) is 25.9. The van der Waals surface area contributed by atoms with E-state index in [-0.39, 0.29) is 23.0 Å². The Labute approximate surface area is 154 Å². The van der Waals surface area contributed by atoms with E-state index in [0.29, 0.717) is 12.2 Å². The van der Waals surface area contributed by atoms with Gasteiger partial charge < -0.3 is 4.74 Å². The Hall–Kier alpha value is -1.59. The van der Waals surface area contributed by atoms with Gasteiger partial charge in [0, 0.05) is 15.4 Å². The predicted octanol–water partition coefficient (Wildman–Crippen LogP) is 4.91.